The Bertz CT molecular complexity index is 685. The fourth-order valence-electron chi connectivity index (χ4n) is 3.68. The summed E-state index contributed by atoms with van der Waals surface area (Å²) in [5.41, 5.74) is 2.09. The lowest BCUT2D eigenvalue weighted by Gasteiger charge is -2.29. The van der Waals surface area contributed by atoms with Crippen molar-refractivity contribution >= 4 is 0 Å². The second-order valence-electron chi connectivity index (χ2n) is 6.94. The second-order valence-corrected chi connectivity index (χ2v) is 6.94. The normalized spacial score (nSPS) is 20.0. The average Bonchev–Trinajstić information content (AvgIpc) is 2.67. The number of likely N-dealkylation sites (tertiary alicyclic amines) is 1. The quantitative estimate of drug-likeness (QED) is 0.790. The van der Waals surface area contributed by atoms with Crippen LogP contribution in [0.25, 0.3) is 0 Å². The number of nitriles is 1. The number of hydrogen-bond acceptors (Lipinski definition) is 2. The van der Waals surface area contributed by atoms with Gasteiger partial charge >= 0.3 is 0 Å². The summed E-state index contributed by atoms with van der Waals surface area (Å²) in [5.74, 6) is 1.55. The van der Waals surface area contributed by atoms with Crippen LogP contribution in [0.3, 0.4) is 0 Å². The zero-order valence-electron chi connectivity index (χ0n) is 14.8. The van der Waals surface area contributed by atoms with Crippen LogP contribution in [0.15, 0.2) is 54.6 Å². The molecule has 0 aromatic heterocycles. The molecule has 3 rings (SSSR count). The maximum Gasteiger partial charge on any atom is 0.137 e. The first-order valence-electron chi connectivity index (χ1n) is 9.34. The number of quaternary nitrogens is 1. The van der Waals surface area contributed by atoms with Crippen molar-refractivity contribution in [2.45, 2.75) is 25.7 Å². The molecule has 1 aliphatic heterocycles. The molecule has 0 bridgehead atoms. The van der Waals surface area contributed by atoms with Gasteiger partial charge in [-0.3, -0.25) is 0 Å². The Morgan fingerprint density at radius 2 is 1.72 bits per heavy atom. The van der Waals surface area contributed by atoms with E-state index < -0.39 is 0 Å². The summed E-state index contributed by atoms with van der Waals surface area (Å²) >= 11 is 0. The van der Waals surface area contributed by atoms with E-state index in [9.17, 15) is 0 Å². The summed E-state index contributed by atoms with van der Waals surface area (Å²) in [7, 11) is 0. The van der Waals surface area contributed by atoms with E-state index in [0.717, 1.165) is 18.9 Å². The Balaban J connectivity index is 1.34. The van der Waals surface area contributed by atoms with Gasteiger partial charge in [0.05, 0.1) is 31.8 Å². The summed E-state index contributed by atoms with van der Waals surface area (Å²) in [6, 6.07) is 20.5. The van der Waals surface area contributed by atoms with Gasteiger partial charge in [0.2, 0.25) is 0 Å². The molecule has 1 aliphatic rings. The van der Waals surface area contributed by atoms with E-state index >= 15 is 0 Å². The smallest absolute Gasteiger partial charge is 0.137 e. The average molecular weight is 335 g/mol. The van der Waals surface area contributed by atoms with Gasteiger partial charge < -0.3 is 9.64 Å². The molecule has 1 heterocycles. The van der Waals surface area contributed by atoms with Crippen molar-refractivity contribution in [3.8, 4) is 11.8 Å². The van der Waals surface area contributed by atoms with Gasteiger partial charge in [-0.1, -0.05) is 42.5 Å². The molecule has 0 aliphatic carbocycles. The van der Waals surface area contributed by atoms with E-state index in [2.05, 4.69) is 36.4 Å². The molecule has 1 N–H and O–H groups in total. The highest BCUT2D eigenvalue weighted by molar-refractivity contribution is 5.42. The van der Waals surface area contributed by atoms with Gasteiger partial charge in [0.1, 0.15) is 11.8 Å². The van der Waals surface area contributed by atoms with Crippen molar-refractivity contribution in [1.82, 2.24) is 0 Å². The van der Waals surface area contributed by atoms with Crippen LogP contribution >= 0.6 is 0 Å². The van der Waals surface area contributed by atoms with Crippen LogP contribution in [-0.4, -0.2) is 26.2 Å². The van der Waals surface area contributed by atoms with Gasteiger partial charge in [0.25, 0.3) is 0 Å². The van der Waals surface area contributed by atoms with Crippen LogP contribution in [-0.2, 0) is 6.42 Å². The SMILES string of the molecule is N#Cc1ccccc1OCCC[NH+]1CCC(Cc2ccccc2)CC1. The minimum absolute atomic E-state index is 0.622. The molecule has 25 heavy (non-hydrogen) atoms. The molecule has 3 heteroatoms. The van der Waals surface area contributed by atoms with Crippen LogP contribution < -0.4 is 9.64 Å². The topological polar surface area (TPSA) is 37.5 Å². The zero-order chi connectivity index (χ0) is 17.3. The van der Waals surface area contributed by atoms with Crippen molar-refractivity contribution in [3.63, 3.8) is 0 Å². The Labute approximate surface area is 150 Å². The van der Waals surface area contributed by atoms with Crippen molar-refractivity contribution in [2.24, 2.45) is 5.92 Å². The van der Waals surface area contributed by atoms with E-state index in [4.69, 9.17) is 10.00 Å². The van der Waals surface area contributed by atoms with Crippen LogP contribution in [0, 0.1) is 17.2 Å². The first-order valence-corrected chi connectivity index (χ1v) is 9.34. The number of ether oxygens (including phenoxy) is 1. The van der Waals surface area contributed by atoms with E-state index in [-0.39, 0.29) is 0 Å². The molecule has 0 atom stereocenters. The highest BCUT2D eigenvalue weighted by atomic mass is 16.5. The van der Waals surface area contributed by atoms with Gasteiger partial charge in [-0.2, -0.15) is 5.26 Å². The molecule has 1 fully saturated rings. The fraction of sp³-hybridized carbons (Fsp3) is 0.409. The maximum absolute atomic E-state index is 9.08. The number of nitrogens with one attached hydrogen (secondary N) is 1. The summed E-state index contributed by atoms with van der Waals surface area (Å²) in [6.07, 6.45) is 4.91. The molecule has 0 unspecified atom stereocenters. The number of hydrogen-bond donors (Lipinski definition) is 1. The van der Waals surface area contributed by atoms with Gasteiger partial charge in [-0.05, 0) is 42.9 Å². The maximum atomic E-state index is 9.08. The first-order chi connectivity index (χ1) is 12.3. The predicted octanol–water partition coefficient (Wildman–Crippen LogP) is 2.86. The molecule has 0 saturated carbocycles. The van der Waals surface area contributed by atoms with Crippen LogP contribution in [0.2, 0.25) is 0 Å². The van der Waals surface area contributed by atoms with Gasteiger partial charge in [-0.15, -0.1) is 0 Å². The minimum atomic E-state index is 0.622. The third kappa shape index (κ3) is 5.34. The van der Waals surface area contributed by atoms with E-state index in [1.54, 1.807) is 11.0 Å². The summed E-state index contributed by atoms with van der Waals surface area (Å²) < 4.78 is 5.78. The molecule has 0 radical (unpaired) electrons. The summed E-state index contributed by atoms with van der Waals surface area (Å²) in [4.78, 5) is 1.70. The molecule has 2 aromatic carbocycles. The molecule has 130 valence electrons. The first kappa shape index (κ1) is 17.5. The van der Waals surface area contributed by atoms with Crippen molar-refractivity contribution in [2.75, 3.05) is 26.2 Å². The zero-order valence-corrected chi connectivity index (χ0v) is 14.8. The number of benzene rings is 2. The third-order valence-electron chi connectivity index (χ3n) is 5.12. The molecule has 0 amide bonds. The van der Waals surface area contributed by atoms with Crippen molar-refractivity contribution in [3.05, 3.63) is 65.7 Å². The highest BCUT2D eigenvalue weighted by Crippen LogP contribution is 2.17. The summed E-state index contributed by atoms with van der Waals surface area (Å²) in [6.45, 7) is 4.39. The highest BCUT2D eigenvalue weighted by Gasteiger charge is 2.21. The minimum Gasteiger partial charge on any atom is -0.492 e. The number of piperidine rings is 1. The standard InChI is InChI=1S/C22H26N2O/c23-18-21-9-4-5-10-22(21)25-16-6-13-24-14-11-20(12-15-24)17-19-7-2-1-3-8-19/h1-5,7-10,20H,6,11-17H2/p+1. The molecule has 1 saturated heterocycles. The third-order valence-corrected chi connectivity index (χ3v) is 5.12. The second kappa shape index (κ2) is 9.25. The number of para-hydroxylation sites is 1. The molecular weight excluding hydrogens is 308 g/mol. The van der Waals surface area contributed by atoms with Crippen LogP contribution in [0.5, 0.6) is 5.75 Å². The van der Waals surface area contributed by atoms with Crippen molar-refractivity contribution < 1.29 is 9.64 Å². The van der Waals surface area contributed by atoms with Crippen LogP contribution in [0.4, 0.5) is 0 Å². The number of nitrogens with zero attached hydrogens (tertiary/aromatic N) is 1. The van der Waals surface area contributed by atoms with Crippen molar-refractivity contribution in [1.29, 1.82) is 5.26 Å². The fourth-order valence-corrected chi connectivity index (χ4v) is 3.68. The van der Waals surface area contributed by atoms with E-state index in [0.29, 0.717) is 17.9 Å². The summed E-state index contributed by atoms with van der Waals surface area (Å²) in [5, 5.41) is 9.08. The Hall–Kier alpha value is -2.31. The van der Waals surface area contributed by atoms with Gasteiger partial charge in [0, 0.05) is 6.42 Å². The predicted molar refractivity (Wildman–Crippen MR) is 99.7 cm³/mol. The monoisotopic (exact) mass is 335 g/mol. The van der Waals surface area contributed by atoms with Gasteiger partial charge in [0.15, 0.2) is 0 Å². The molecule has 3 nitrogen and oxygen atoms in total. The Kier molecular flexibility index (Phi) is 6.48. The lowest BCUT2D eigenvalue weighted by atomic mass is 9.90. The molecule has 2 aromatic rings. The van der Waals surface area contributed by atoms with E-state index in [1.807, 2.05) is 18.2 Å². The van der Waals surface area contributed by atoms with Gasteiger partial charge in [-0.25, -0.2) is 0 Å². The Morgan fingerprint density at radius 1 is 1.00 bits per heavy atom. The molecule has 0 spiro atoms. The molecular formula is C22H27N2O+. The largest absolute Gasteiger partial charge is 0.492 e. The van der Waals surface area contributed by atoms with E-state index in [1.165, 1.54) is 37.9 Å². The lowest BCUT2D eigenvalue weighted by molar-refractivity contribution is -0.906. The number of rotatable bonds is 7. The van der Waals surface area contributed by atoms with Crippen LogP contribution in [0.1, 0.15) is 30.4 Å². The Morgan fingerprint density at radius 3 is 2.48 bits per heavy atom. The lowest BCUT2D eigenvalue weighted by Crippen LogP contribution is -3.13.